The first kappa shape index (κ1) is 17.0. The Kier molecular flexibility index (Phi) is 5.35. The number of thioether (sulfide) groups is 1. The number of imidazole rings is 1. The number of hydrogen-bond donors (Lipinski definition) is 2. The lowest BCUT2D eigenvalue weighted by molar-refractivity contribution is -0.145. The van der Waals surface area contributed by atoms with Crippen LogP contribution in [0, 0.1) is 0 Å². The molecule has 6 nitrogen and oxygen atoms in total. The molecule has 25 heavy (non-hydrogen) atoms. The predicted octanol–water partition coefficient (Wildman–Crippen LogP) is 2.69. The summed E-state index contributed by atoms with van der Waals surface area (Å²) in [5.74, 6) is -0.641. The van der Waals surface area contributed by atoms with Gasteiger partial charge in [0, 0.05) is 0 Å². The lowest BCUT2D eigenvalue weighted by atomic mass is 10.1. The van der Waals surface area contributed by atoms with Gasteiger partial charge >= 0.3 is 5.97 Å². The average molecular weight is 355 g/mol. The molecule has 0 aliphatic rings. The summed E-state index contributed by atoms with van der Waals surface area (Å²) >= 11 is 1.28. The molecule has 1 atom stereocenters. The third-order valence-electron chi connectivity index (χ3n) is 3.58. The van der Waals surface area contributed by atoms with Gasteiger partial charge in [-0.05, 0) is 17.7 Å². The van der Waals surface area contributed by atoms with Gasteiger partial charge in [-0.1, -0.05) is 54.2 Å². The fourth-order valence-electron chi connectivity index (χ4n) is 2.38. The Balaban J connectivity index is 1.64. The maximum Gasteiger partial charge on any atom is 0.333 e. The largest absolute Gasteiger partial charge is 0.467 e. The number of hydrogen-bond acceptors (Lipinski definition) is 5. The molecule has 0 saturated carbocycles. The summed E-state index contributed by atoms with van der Waals surface area (Å²) in [6.07, 6.45) is 0. The van der Waals surface area contributed by atoms with E-state index in [2.05, 4.69) is 15.3 Å². The third-order valence-corrected chi connectivity index (χ3v) is 4.46. The van der Waals surface area contributed by atoms with Crippen molar-refractivity contribution in [2.24, 2.45) is 0 Å². The van der Waals surface area contributed by atoms with Crippen LogP contribution in [-0.4, -0.2) is 34.7 Å². The molecule has 1 amide bonds. The van der Waals surface area contributed by atoms with Crippen LogP contribution in [0.15, 0.2) is 59.8 Å². The molecule has 2 aromatic carbocycles. The Morgan fingerprint density at radius 3 is 2.60 bits per heavy atom. The monoisotopic (exact) mass is 355 g/mol. The number of esters is 1. The number of rotatable bonds is 6. The van der Waals surface area contributed by atoms with Crippen molar-refractivity contribution < 1.29 is 14.3 Å². The minimum atomic E-state index is -0.824. The fraction of sp³-hybridized carbons (Fsp3) is 0.167. The van der Waals surface area contributed by atoms with E-state index < -0.39 is 12.0 Å². The van der Waals surface area contributed by atoms with E-state index in [1.807, 2.05) is 30.3 Å². The van der Waals surface area contributed by atoms with Crippen LogP contribution < -0.4 is 5.32 Å². The Labute approximate surface area is 149 Å². The zero-order chi connectivity index (χ0) is 17.6. The number of nitrogens with one attached hydrogen (secondary N) is 2. The van der Waals surface area contributed by atoms with Gasteiger partial charge in [-0.15, -0.1) is 0 Å². The van der Waals surface area contributed by atoms with E-state index in [1.54, 1.807) is 24.3 Å². The summed E-state index contributed by atoms with van der Waals surface area (Å²) in [5.41, 5.74) is 2.45. The smallest absolute Gasteiger partial charge is 0.333 e. The lowest BCUT2D eigenvalue weighted by Crippen LogP contribution is -2.35. The molecule has 3 rings (SSSR count). The second-order valence-corrected chi connectivity index (χ2v) is 6.25. The molecule has 0 radical (unpaired) electrons. The molecule has 7 heteroatoms. The Bertz CT molecular complexity index is 846. The van der Waals surface area contributed by atoms with Crippen molar-refractivity contribution in [3.05, 3.63) is 60.2 Å². The van der Waals surface area contributed by atoms with Crippen molar-refractivity contribution in [2.45, 2.75) is 11.2 Å². The number of amides is 1. The van der Waals surface area contributed by atoms with Crippen LogP contribution in [0.5, 0.6) is 0 Å². The highest BCUT2D eigenvalue weighted by Crippen LogP contribution is 2.20. The summed E-state index contributed by atoms with van der Waals surface area (Å²) < 4.78 is 4.79. The number of aromatic amines is 1. The maximum absolute atomic E-state index is 12.3. The predicted molar refractivity (Wildman–Crippen MR) is 96.2 cm³/mol. The van der Waals surface area contributed by atoms with Gasteiger partial charge in [-0.3, -0.25) is 4.79 Å². The molecule has 2 N–H and O–H groups in total. The van der Waals surface area contributed by atoms with Crippen LogP contribution in [0.25, 0.3) is 11.0 Å². The van der Waals surface area contributed by atoms with Gasteiger partial charge in [0.2, 0.25) is 5.91 Å². The number of carbonyl (C=O) groups is 2. The van der Waals surface area contributed by atoms with E-state index in [0.717, 1.165) is 11.0 Å². The van der Waals surface area contributed by atoms with Gasteiger partial charge in [0.05, 0.1) is 23.9 Å². The molecule has 0 spiro atoms. The summed E-state index contributed by atoms with van der Waals surface area (Å²) in [5, 5.41) is 3.37. The first-order chi connectivity index (χ1) is 12.2. The molecule has 1 heterocycles. The second-order valence-electron chi connectivity index (χ2n) is 5.28. The Morgan fingerprint density at radius 2 is 1.88 bits per heavy atom. The van der Waals surface area contributed by atoms with Crippen molar-refractivity contribution in [2.75, 3.05) is 12.9 Å². The van der Waals surface area contributed by atoms with E-state index in [0.29, 0.717) is 10.7 Å². The summed E-state index contributed by atoms with van der Waals surface area (Å²) in [6, 6.07) is 15.8. The Hall–Kier alpha value is -2.80. The van der Waals surface area contributed by atoms with Crippen LogP contribution in [0.1, 0.15) is 11.6 Å². The van der Waals surface area contributed by atoms with Crippen LogP contribution in [0.2, 0.25) is 0 Å². The summed E-state index contributed by atoms with van der Waals surface area (Å²) in [6.45, 7) is 0. The van der Waals surface area contributed by atoms with Gasteiger partial charge in [0.1, 0.15) is 0 Å². The fourth-order valence-corrected chi connectivity index (χ4v) is 3.07. The number of H-pyrrole nitrogens is 1. The number of para-hydroxylation sites is 2. The van der Waals surface area contributed by atoms with Gasteiger partial charge in [0.15, 0.2) is 11.2 Å². The number of aromatic nitrogens is 2. The van der Waals surface area contributed by atoms with Crippen molar-refractivity contribution in [3.8, 4) is 0 Å². The molecule has 1 aromatic heterocycles. The van der Waals surface area contributed by atoms with Crippen molar-refractivity contribution in [1.82, 2.24) is 15.3 Å². The van der Waals surface area contributed by atoms with Crippen LogP contribution in [0.3, 0.4) is 0 Å². The molecule has 0 saturated heterocycles. The van der Waals surface area contributed by atoms with E-state index in [9.17, 15) is 9.59 Å². The van der Waals surface area contributed by atoms with E-state index in [1.165, 1.54) is 18.9 Å². The van der Waals surface area contributed by atoms with Gasteiger partial charge in [0.25, 0.3) is 0 Å². The number of nitrogens with zero attached hydrogens (tertiary/aromatic N) is 1. The highest BCUT2D eigenvalue weighted by Gasteiger charge is 2.23. The molecule has 3 aromatic rings. The quantitative estimate of drug-likeness (QED) is 0.525. The van der Waals surface area contributed by atoms with Crippen LogP contribution in [0.4, 0.5) is 0 Å². The molecule has 0 aliphatic carbocycles. The maximum atomic E-state index is 12.3. The zero-order valence-corrected chi connectivity index (χ0v) is 14.4. The van der Waals surface area contributed by atoms with Gasteiger partial charge in [-0.25, -0.2) is 9.78 Å². The van der Waals surface area contributed by atoms with E-state index >= 15 is 0 Å². The molecule has 0 aliphatic heterocycles. The average Bonchev–Trinajstić information content (AvgIpc) is 3.07. The van der Waals surface area contributed by atoms with Crippen molar-refractivity contribution >= 4 is 34.7 Å². The minimum Gasteiger partial charge on any atom is -0.467 e. The number of carbonyl (C=O) groups excluding carboxylic acids is 2. The molecule has 0 fully saturated rings. The van der Waals surface area contributed by atoms with Crippen LogP contribution >= 0.6 is 11.8 Å². The van der Waals surface area contributed by atoms with Gasteiger partial charge in [-0.2, -0.15) is 0 Å². The molecule has 0 unspecified atom stereocenters. The minimum absolute atomic E-state index is 0.139. The standard InChI is InChI=1S/C18H17N3O3S/c1-24-17(23)16(12-7-3-2-4-8-12)21-15(22)11-25-18-19-13-9-5-6-10-14(13)20-18/h2-10,16H,11H2,1H3,(H,19,20)(H,21,22)/t16-/m1/s1. The lowest BCUT2D eigenvalue weighted by Gasteiger charge is -2.16. The van der Waals surface area contributed by atoms with Crippen molar-refractivity contribution in [3.63, 3.8) is 0 Å². The summed E-state index contributed by atoms with van der Waals surface area (Å²) in [7, 11) is 1.30. The Morgan fingerprint density at radius 1 is 1.16 bits per heavy atom. The van der Waals surface area contributed by atoms with E-state index in [4.69, 9.17) is 4.74 Å². The molecule has 128 valence electrons. The number of benzene rings is 2. The SMILES string of the molecule is COC(=O)[C@H](NC(=O)CSc1nc2ccccc2[nH]1)c1ccccc1. The first-order valence-corrected chi connectivity index (χ1v) is 8.65. The zero-order valence-electron chi connectivity index (χ0n) is 13.6. The molecule has 0 bridgehead atoms. The normalized spacial score (nSPS) is 11.9. The molecular weight excluding hydrogens is 338 g/mol. The highest BCUT2D eigenvalue weighted by atomic mass is 32.2. The number of fused-ring (bicyclic) bond motifs is 1. The third kappa shape index (κ3) is 4.19. The first-order valence-electron chi connectivity index (χ1n) is 7.67. The topological polar surface area (TPSA) is 84.1 Å². The van der Waals surface area contributed by atoms with E-state index in [-0.39, 0.29) is 11.7 Å². The van der Waals surface area contributed by atoms with Crippen molar-refractivity contribution in [1.29, 1.82) is 0 Å². The van der Waals surface area contributed by atoms with Gasteiger partial charge < -0.3 is 15.0 Å². The second kappa shape index (κ2) is 7.85. The number of ether oxygens (including phenoxy) is 1. The molecular formula is C18H17N3O3S. The number of methoxy groups -OCH3 is 1. The van der Waals surface area contributed by atoms with Crippen LogP contribution in [-0.2, 0) is 14.3 Å². The summed E-state index contributed by atoms with van der Waals surface area (Å²) in [4.78, 5) is 31.8. The highest BCUT2D eigenvalue weighted by molar-refractivity contribution is 7.99.